The molecule has 0 atom stereocenters. The van der Waals surface area contributed by atoms with Crippen molar-refractivity contribution in [1.82, 2.24) is 0 Å². The van der Waals surface area contributed by atoms with Crippen molar-refractivity contribution in [3.05, 3.63) is 89.5 Å². The van der Waals surface area contributed by atoms with E-state index in [2.05, 4.69) is 6.58 Å². The van der Waals surface area contributed by atoms with Crippen LogP contribution in [0.25, 0.3) is 11.1 Å². The molecule has 0 saturated heterocycles. The highest BCUT2D eigenvalue weighted by Crippen LogP contribution is 2.47. The number of carbonyl (C=O) groups excluding carboxylic acids is 2. The second-order valence-corrected chi connectivity index (χ2v) is 6.65. The van der Waals surface area contributed by atoms with E-state index < -0.39 is 17.3 Å². The Bertz CT molecular complexity index is 1130. The van der Waals surface area contributed by atoms with Crippen LogP contribution < -0.4 is 4.74 Å². The Kier molecular flexibility index (Phi) is 6.02. The normalized spacial score (nSPS) is 10.5. The summed E-state index contributed by atoms with van der Waals surface area (Å²) in [5.41, 5.74) is 2.55. The topological polar surface area (TPSA) is 83.8 Å². The predicted octanol–water partition coefficient (Wildman–Crippen LogP) is 4.94. The van der Waals surface area contributed by atoms with Crippen molar-refractivity contribution >= 4 is 11.6 Å². The van der Waals surface area contributed by atoms with Gasteiger partial charge in [-0.1, -0.05) is 62.0 Å². The Morgan fingerprint density at radius 2 is 1.67 bits per heavy atom. The molecule has 5 nitrogen and oxygen atoms in total. The fraction of sp³-hybridized carbons (Fsp3) is 0.120. The molecule has 0 spiro atoms. The monoisotopic (exact) mass is 402 g/mol. The third-order valence-electron chi connectivity index (χ3n) is 4.98. The van der Waals surface area contributed by atoms with Crippen molar-refractivity contribution in [3.63, 3.8) is 0 Å². The van der Waals surface area contributed by atoms with Gasteiger partial charge < -0.3 is 14.9 Å². The van der Waals surface area contributed by atoms with Gasteiger partial charge in [-0.25, -0.2) is 0 Å². The summed E-state index contributed by atoms with van der Waals surface area (Å²) in [5, 5.41) is 21.1. The molecule has 2 N–H and O–H groups in total. The molecule has 0 aliphatic heterocycles. The summed E-state index contributed by atoms with van der Waals surface area (Å²) in [6.07, 6.45) is 1.77. The number of allylic oxidation sites excluding steroid dienone is 1. The van der Waals surface area contributed by atoms with Crippen molar-refractivity contribution in [2.45, 2.75) is 13.3 Å². The highest BCUT2D eigenvalue weighted by Gasteiger charge is 2.25. The number of phenolic OH excluding ortho intramolecular Hbond substituents is 2. The first-order chi connectivity index (χ1) is 14.4. The van der Waals surface area contributed by atoms with Crippen LogP contribution in [0.1, 0.15) is 38.8 Å². The number of benzene rings is 3. The summed E-state index contributed by atoms with van der Waals surface area (Å²) in [7, 11) is 1.36. The number of carbonyl (C=O) groups is 2. The van der Waals surface area contributed by atoms with Gasteiger partial charge >= 0.3 is 0 Å². The van der Waals surface area contributed by atoms with Gasteiger partial charge in [0.1, 0.15) is 0 Å². The summed E-state index contributed by atoms with van der Waals surface area (Å²) in [5.74, 6) is -1.73. The Morgan fingerprint density at radius 1 is 0.967 bits per heavy atom. The second-order valence-electron chi connectivity index (χ2n) is 6.65. The second kappa shape index (κ2) is 8.66. The summed E-state index contributed by atoms with van der Waals surface area (Å²) in [6.45, 7) is 5.46. The van der Waals surface area contributed by atoms with Crippen molar-refractivity contribution in [1.29, 1.82) is 0 Å². The molecular formula is C25H22O5. The minimum Gasteiger partial charge on any atom is -0.504 e. The fourth-order valence-corrected chi connectivity index (χ4v) is 3.53. The minimum absolute atomic E-state index is 0.0232. The van der Waals surface area contributed by atoms with Crippen LogP contribution in [0.2, 0.25) is 0 Å². The molecule has 3 aromatic carbocycles. The van der Waals surface area contributed by atoms with Gasteiger partial charge in [0.05, 0.1) is 12.7 Å². The maximum Gasteiger partial charge on any atom is 0.201 e. The third kappa shape index (κ3) is 3.57. The van der Waals surface area contributed by atoms with E-state index in [1.165, 1.54) is 19.3 Å². The summed E-state index contributed by atoms with van der Waals surface area (Å²) in [6, 6.07) is 15.2. The van der Waals surface area contributed by atoms with Crippen molar-refractivity contribution in [3.8, 4) is 28.4 Å². The molecule has 0 saturated carbocycles. The molecule has 0 amide bonds. The molecule has 3 rings (SSSR count). The maximum atomic E-state index is 13.0. The first kappa shape index (κ1) is 20.9. The summed E-state index contributed by atoms with van der Waals surface area (Å²) in [4.78, 5) is 25.3. The van der Waals surface area contributed by atoms with Crippen LogP contribution in [0.5, 0.6) is 17.2 Å². The number of aromatic hydroxyl groups is 2. The summed E-state index contributed by atoms with van der Waals surface area (Å²) < 4.78 is 5.35. The predicted molar refractivity (Wildman–Crippen MR) is 116 cm³/mol. The Hall–Kier alpha value is -3.86. The number of ketones is 2. The summed E-state index contributed by atoms with van der Waals surface area (Å²) >= 11 is 0. The number of rotatable bonds is 7. The van der Waals surface area contributed by atoms with Crippen LogP contribution in [0, 0.1) is 0 Å². The number of phenols is 2. The molecule has 0 aliphatic carbocycles. The van der Waals surface area contributed by atoms with E-state index in [1.807, 2.05) is 6.92 Å². The minimum atomic E-state index is -0.555. The Morgan fingerprint density at radius 3 is 2.27 bits per heavy atom. The standard InChI is InChI=1S/C25H22O5/c1-4-16-17(12-9-13-18(16)21(26)5-2)19-14-20(23(28)24(29)25(19)30-3)22(27)15-10-7-6-8-11-15/h5-14,28-29H,2,4H2,1,3H3. The van der Waals surface area contributed by atoms with Crippen LogP contribution in [0.3, 0.4) is 0 Å². The molecule has 0 aromatic heterocycles. The molecule has 0 bridgehead atoms. The number of hydrogen-bond donors (Lipinski definition) is 2. The molecule has 5 heteroatoms. The lowest BCUT2D eigenvalue weighted by atomic mass is 9.89. The first-order valence-corrected chi connectivity index (χ1v) is 9.46. The SMILES string of the molecule is C=CC(=O)c1cccc(-c2cc(C(=O)c3ccccc3)c(O)c(O)c2OC)c1CC. The largest absolute Gasteiger partial charge is 0.504 e. The average Bonchev–Trinajstić information content (AvgIpc) is 2.79. The first-order valence-electron chi connectivity index (χ1n) is 9.46. The highest BCUT2D eigenvalue weighted by atomic mass is 16.5. The van der Waals surface area contributed by atoms with Crippen molar-refractivity contribution < 1.29 is 24.5 Å². The van der Waals surface area contributed by atoms with E-state index >= 15 is 0 Å². The van der Waals surface area contributed by atoms with Crippen LogP contribution in [0.4, 0.5) is 0 Å². The molecule has 0 heterocycles. The van der Waals surface area contributed by atoms with E-state index in [0.717, 1.165) is 5.56 Å². The molecule has 3 aromatic rings. The lowest BCUT2D eigenvalue weighted by Crippen LogP contribution is -2.05. The number of methoxy groups -OCH3 is 1. The number of ether oxygens (including phenoxy) is 1. The van der Waals surface area contributed by atoms with Crippen LogP contribution >= 0.6 is 0 Å². The Labute approximate surface area is 174 Å². The number of hydrogen-bond acceptors (Lipinski definition) is 5. The van der Waals surface area contributed by atoms with Gasteiger partial charge in [0.15, 0.2) is 23.1 Å². The molecule has 30 heavy (non-hydrogen) atoms. The molecule has 0 unspecified atom stereocenters. The van der Waals surface area contributed by atoms with Gasteiger partial charge in [0.25, 0.3) is 0 Å². The Balaban J connectivity index is 2.31. The van der Waals surface area contributed by atoms with Gasteiger partial charge in [-0.05, 0) is 29.7 Å². The van der Waals surface area contributed by atoms with Gasteiger partial charge in [0, 0.05) is 16.7 Å². The van der Waals surface area contributed by atoms with Gasteiger partial charge in [-0.3, -0.25) is 9.59 Å². The lowest BCUT2D eigenvalue weighted by Gasteiger charge is -2.18. The van der Waals surface area contributed by atoms with E-state index in [1.54, 1.807) is 48.5 Å². The highest BCUT2D eigenvalue weighted by molar-refractivity contribution is 6.12. The van der Waals surface area contributed by atoms with Gasteiger partial charge in [-0.15, -0.1) is 0 Å². The van der Waals surface area contributed by atoms with Crippen molar-refractivity contribution in [2.75, 3.05) is 7.11 Å². The van der Waals surface area contributed by atoms with Gasteiger partial charge in [-0.2, -0.15) is 0 Å². The molecule has 0 aliphatic rings. The zero-order chi connectivity index (χ0) is 21.8. The lowest BCUT2D eigenvalue weighted by molar-refractivity contribution is 0.103. The van der Waals surface area contributed by atoms with E-state index in [-0.39, 0.29) is 17.1 Å². The van der Waals surface area contributed by atoms with Crippen LogP contribution in [0.15, 0.2) is 67.3 Å². The van der Waals surface area contributed by atoms with E-state index in [9.17, 15) is 19.8 Å². The van der Waals surface area contributed by atoms with Gasteiger partial charge in [0.2, 0.25) is 5.75 Å². The molecule has 0 fully saturated rings. The molecular weight excluding hydrogens is 380 g/mol. The zero-order valence-corrected chi connectivity index (χ0v) is 16.8. The maximum absolute atomic E-state index is 13.0. The quantitative estimate of drug-likeness (QED) is 0.332. The zero-order valence-electron chi connectivity index (χ0n) is 16.8. The average molecular weight is 402 g/mol. The van der Waals surface area contributed by atoms with Crippen molar-refractivity contribution in [2.24, 2.45) is 0 Å². The smallest absolute Gasteiger partial charge is 0.201 e. The van der Waals surface area contributed by atoms with E-state index in [0.29, 0.717) is 28.7 Å². The van der Waals surface area contributed by atoms with Crippen LogP contribution in [-0.4, -0.2) is 28.9 Å². The third-order valence-corrected chi connectivity index (χ3v) is 4.98. The van der Waals surface area contributed by atoms with E-state index in [4.69, 9.17) is 4.74 Å². The fourth-order valence-electron chi connectivity index (χ4n) is 3.53. The molecule has 0 radical (unpaired) electrons. The van der Waals surface area contributed by atoms with Crippen LogP contribution in [-0.2, 0) is 6.42 Å². The molecule has 152 valence electrons.